The minimum atomic E-state index is -0.445. The van der Waals surface area contributed by atoms with Gasteiger partial charge in [0.2, 0.25) is 11.9 Å². The molecule has 0 spiro atoms. The van der Waals surface area contributed by atoms with Crippen LogP contribution in [0, 0.1) is 11.7 Å². The lowest BCUT2D eigenvalue weighted by molar-refractivity contribution is -0.120. The van der Waals surface area contributed by atoms with E-state index in [9.17, 15) is 9.18 Å². The van der Waals surface area contributed by atoms with Gasteiger partial charge >= 0.3 is 0 Å². The van der Waals surface area contributed by atoms with E-state index >= 15 is 0 Å². The molecule has 1 fully saturated rings. The highest BCUT2D eigenvalue weighted by molar-refractivity contribution is 5.76. The van der Waals surface area contributed by atoms with E-state index in [1.54, 1.807) is 0 Å². The quantitative estimate of drug-likeness (QED) is 0.822. The molecule has 1 unspecified atom stereocenters. The van der Waals surface area contributed by atoms with Gasteiger partial charge in [-0.05, 0) is 18.8 Å². The van der Waals surface area contributed by atoms with Gasteiger partial charge in [-0.15, -0.1) is 0 Å². The number of hydrogen-bond acceptors (Lipinski definition) is 4. The third-order valence-corrected chi connectivity index (χ3v) is 2.82. The van der Waals surface area contributed by atoms with Gasteiger partial charge in [0.25, 0.3) is 0 Å². The standard InChI is InChI=1S/C11H15FN4O/c12-9-6-15-11(16-7-9)14-5-8-1-2-10(17)13-4-3-8/h6-8H,1-5H2,(H,13,17)(H,14,15,16). The molecule has 1 amide bonds. The van der Waals surface area contributed by atoms with Crippen LogP contribution in [0.1, 0.15) is 19.3 Å². The maximum Gasteiger partial charge on any atom is 0.222 e. The van der Waals surface area contributed by atoms with Crippen LogP contribution in [0.4, 0.5) is 10.3 Å². The SMILES string of the molecule is O=C1CCC(CNc2ncc(F)cn2)CCN1. The zero-order chi connectivity index (χ0) is 12.1. The number of carbonyl (C=O) groups is 1. The van der Waals surface area contributed by atoms with Gasteiger partial charge in [-0.25, -0.2) is 14.4 Å². The molecule has 5 nitrogen and oxygen atoms in total. The number of carbonyl (C=O) groups excluding carboxylic acids is 1. The second-order valence-corrected chi connectivity index (χ2v) is 4.15. The summed E-state index contributed by atoms with van der Waals surface area (Å²) in [5.41, 5.74) is 0. The Labute approximate surface area is 98.8 Å². The van der Waals surface area contributed by atoms with Crippen molar-refractivity contribution in [1.82, 2.24) is 15.3 Å². The lowest BCUT2D eigenvalue weighted by atomic mass is 10.0. The number of nitrogens with zero attached hydrogens (tertiary/aromatic N) is 2. The van der Waals surface area contributed by atoms with Crippen molar-refractivity contribution in [2.45, 2.75) is 19.3 Å². The normalized spacial score (nSPS) is 20.5. The van der Waals surface area contributed by atoms with Crippen molar-refractivity contribution in [1.29, 1.82) is 0 Å². The second-order valence-electron chi connectivity index (χ2n) is 4.15. The molecule has 0 aromatic carbocycles. The Hall–Kier alpha value is -1.72. The number of aromatic nitrogens is 2. The van der Waals surface area contributed by atoms with Gasteiger partial charge in [0, 0.05) is 19.5 Å². The average Bonchev–Trinajstić information content (AvgIpc) is 2.54. The second kappa shape index (κ2) is 5.56. The average molecular weight is 238 g/mol. The largest absolute Gasteiger partial charge is 0.356 e. The fraction of sp³-hybridized carbons (Fsp3) is 0.545. The predicted molar refractivity (Wildman–Crippen MR) is 60.8 cm³/mol. The van der Waals surface area contributed by atoms with Crippen molar-refractivity contribution in [3.8, 4) is 0 Å². The minimum Gasteiger partial charge on any atom is -0.356 e. The lowest BCUT2D eigenvalue weighted by Crippen LogP contribution is -2.21. The molecule has 0 aliphatic carbocycles. The van der Waals surface area contributed by atoms with E-state index in [0.717, 1.165) is 31.8 Å². The number of nitrogens with one attached hydrogen (secondary N) is 2. The first-order valence-electron chi connectivity index (χ1n) is 5.72. The van der Waals surface area contributed by atoms with E-state index in [0.29, 0.717) is 24.8 Å². The summed E-state index contributed by atoms with van der Waals surface area (Å²) in [5.74, 6) is 0.517. The van der Waals surface area contributed by atoms with Gasteiger partial charge in [0.1, 0.15) is 0 Å². The first kappa shape index (κ1) is 11.8. The van der Waals surface area contributed by atoms with E-state index in [-0.39, 0.29) is 5.91 Å². The van der Waals surface area contributed by atoms with Crippen molar-refractivity contribution >= 4 is 11.9 Å². The fourth-order valence-electron chi connectivity index (χ4n) is 1.83. The van der Waals surface area contributed by atoms with Crippen LogP contribution in [-0.4, -0.2) is 29.0 Å². The number of halogens is 1. The number of rotatable bonds is 3. The van der Waals surface area contributed by atoms with Gasteiger partial charge in [0.15, 0.2) is 5.82 Å². The van der Waals surface area contributed by atoms with Crippen molar-refractivity contribution in [2.75, 3.05) is 18.4 Å². The van der Waals surface area contributed by atoms with Crippen molar-refractivity contribution in [3.63, 3.8) is 0 Å². The maximum absolute atomic E-state index is 12.6. The van der Waals surface area contributed by atoms with Crippen LogP contribution >= 0.6 is 0 Å². The summed E-state index contributed by atoms with van der Waals surface area (Å²) < 4.78 is 12.6. The van der Waals surface area contributed by atoms with E-state index in [4.69, 9.17) is 0 Å². The van der Waals surface area contributed by atoms with Gasteiger partial charge in [-0.3, -0.25) is 4.79 Å². The topological polar surface area (TPSA) is 66.9 Å². The Morgan fingerprint density at radius 1 is 1.41 bits per heavy atom. The van der Waals surface area contributed by atoms with Crippen LogP contribution in [0.3, 0.4) is 0 Å². The highest BCUT2D eigenvalue weighted by Gasteiger charge is 2.15. The Kier molecular flexibility index (Phi) is 3.85. The molecule has 0 saturated carbocycles. The molecule has 1 aromatic heterocycles. The smallest absolute Gasteiger partial charge is 0.222 e. The molecule has 0 bridgehead atoms. The molecule has 6 heteroatoms. The van der Waals surface area contributed by atoms with Crippen LogP contribution in [-0.2, 0) is 4.79 Å². The van der Waals surface area contributed by atoms with Gasteiger partial charge < -0.3 is 10.6 Å². The Morgan fingerprint density at radius 2 is 2.18 bits per heavy atom. The molecule has 1 aliphatic heterocycles. The molecule has 2 N–H and O–H groups in total. The number of anilines is 1. The lowest BCUT2D eigenvalue weighted by Gasteiger charge is -2.13. The van der Waals surface area contributed by atoms with E-state index in [1.165, 1.54) is 0 Å². The molecule has 0 radical (unpaired) electrons. The summed E-state index contributed by atoms with van der Waals surface area (Å²) >= 11 is 0. The van der Waals surface area contributed by atoms with Crippen molar-refractivity contribution in [2.24, 2.45) is 5.92 Å². The van der Waals surface area contributed by atoms with Gasteiger partial charge in [-0.2, -0.15) is 0 Å². The predicted octanol–water partition coefficient (Wildman–Crippen LogP) is 0.944. The summed E-state index contributed by atoms with van der Waals surface area (Å²) in [6.45, 7) is 1.43. The molecular formula is C11H15FN4O. The number of hydrogen-bond donors (Lipinski definition) is 2. The molecule has 92 valence electrons. The van der Waals surface area contributed by atoms with Crippen LogP contribution in [0.15, 0.2) is 12.4 Å². The molecule has 1 aromatic rings. The van der Waals surface area contributed by atoms with Crippen LogP contribution in [0.5, 0.6) is 0 Å². The highest BCUT2D eigenvalue weighted by atomic mass is 19.1. The zero-order valence-electron chi connectivity index (χ0n) is 9.45. The summed E-state index contributed by atoms with van der Waals surface area (Å²) in [7, 11) is 0. The summed E-state index contributed by atoms with van der Waals surface area (Å²) in [4.78, 5) is 18.8. The van der Waals surface area contributed by atoms with Crippen LogP contribution in [0.2, 0.25) is 0 Å². The molecular weight excluding hydrogens is 223 g/mol. The van der Waals surface area contributed by atoms with Gasteiger partial charge in [-0.1, -0.05) is 0 Å². The molecule has 2 heterocycles. The molecule has 2 rings (SSSR count). The fourth-order valence-corrected chi connectivity index (χ4v) is 1.83. The third-order valence-electron chi connectivity index (χ3n) is 2.82. The monoisotopic (exact) mass is 238 g/mol. The van der Waals surface area contributed by atoms with E-state index in [1.807, 2.05) is 0 Å². The Balaban J connectivity index is 1.81. The molecule has 1 atom stereocenters. The molecule has 17 heavy (non-hydrogen) atoms. The number of amides is 1. The zero-order valence-corrected chi connectivity index (χ0v) is 9.45. The summed E-state index contributed by atoms with van der Waals surface area (Å²) in [6, 6.07) is 0. The third kappa shape index (κ3) is 3.65. The Morgan fingerprint density at radius 3 is 2.94 bits per heavy atom. The molecule has 1 saturated heterocycles. The van der Waals surface area contributed by atoms with Crippen LogP contribution in [0.25, 0.3) is 0 Å². The minimum absolute atomic E-state index is 0.116. The first-order chi connectivity index (χ1) is 8.24. The van der Waals surface area contributed by atoms with E-state index in [2.05, 4.69) is 20.6 Å². The van der Waals surface area contributed by atoms with Gasteiger partial charge in [0.05, 0.1) is 12.4 Å². The van der Waals surface area contributed by atoms with Crippen molar-refractivity contribution < 1.29 is 9.18 Å². The van der Waals surface area contributed by atoms with Crippen LogP contribution < -0.4 is 10.6 Å². The summed E-state index contributed by atoms with van der Waals surface area (Å²) in [5, 5.41) is 5.89. The van der Waals surface area contributed by atoms with Crippen molar-refractivity contribution in [3.05, 3.63) is 18.2 Å². The molecule has 1 aliphatic rings. The Bertz CT molecular complexity index is 382. The highest BCUT2D eigenvalue weighted by Crippen LogP contribution is 2.14. The van der Waals surface area contributed by atoms with E-state index < -0.39 is 5.82 Å². The first-order valence-corrected chi connectivity index (χ1v) is 5.72. The summed E-state index contributed by atoms with van der Waals surface area (Å²) in [6.07, 6.45) is 4.64. The maximum atomic E-state index is 12.6.